The van der Waals surface area contributed by atoms with Crippen molar-refractivity contribution in [1.82, 2.24) is 5.16 Å². The van der Waals surface area contributed by atoms with Crippen LogP contribution in [0.25, 0.3) is 0 Å². The molecule has 0 aliphatic carbocycles. The molecule has 1 aromatic carbocycles. The first kappa shape index (κ1) is 13.9. The summed E-state index contributed by atoms with van der Waals surface area (Å²) in [5.74, 6) is 0.613. The lowest BCUT2D eigenvalue weighted by Gasteiger charge is -2.14. The van der Waals surface area contributed by atoms with E-state index in [1.54, 1.807) is 13.0 Å². The Morgan fingerprint density at radius 3 is 2.63 bits per heavy atom. The summed E-state index contributed by atoms with van der Waals surface area (Å²) < 4.78 is 43.9. The lowest BCUT2D eigenvalue weighted by molar-refractivity contribution is -0.137. The summed E-state index contributed by atoms with van der Waals surface area (Å²) in [5, 5.41) is 6.43. The Labute approximate surface area is 115 Å². The van der Waals surface area contributed by atoms with E-state index in [1.807, 2.05) is 0 Å². The first-order valence-corrected chi connectivity index (χ1v) is 6.18. The second kappa shape index (κ2) is 5.24. The van der Waals surface area contributed by atoms with Crippen LogP contribution >= 0.6 is 15.9 Å². The molecule has 0 amide bonds. The number of halogens is 4. The average Bonchev–Trinajstić information content (AvgIpc) is 2.71. The number of hydrogen-bond acceptors (Lipinski definition) is 3. The van der Waals surface area contributed by atoms with Gasteiger partial charge in [0.15, 0.2) is 0 Å². The van der Waals surface area contributed by atoms with E-state index in [-0.39, 0.29) is 12.2 Å². The van der Waals surface area contributed by atoms with Crippen LogP contribution in [0.4, 0.5) is 18.9 Å². The quantitative estimate of drug-likeness (QED) is 0.905. The van der Waals surface area contributed by atoms with Crippen LogP contribution < -0.4 is 5.32 Å². The van der Waals surface area contributed by atoms with Crippen LogP contribution in [0.1, 0.15) is 17.0 Å². The van der Waals surface area contributed by atoms with E-state index in [2.05, 4.69) is 26.4 Å². The van der Waals surface area contributed by atoms with Gasteiger partial charge < -0.3 is 9.84 Å². The molecule has 19 heavy (non-hydrogen) atoms. The van der Waals surface area contributed by atoms with Crippen LogP contribution in [0.3, 0.4) is 0 Å². The lowest BCUT2D eigenvalue weighted by atomic mass is 10.1. The summed E-state index contributed by atoms with van der Waals surface area (Å²) in [5.41, 5.74) is -0.163. The van der Waals surface area contributed by atoms with E-state index in [1.165, 1.54) is 12.1 Å². The molecule has 2 rings (SSSR count). The van der Waals surface area contributed by atoms with E-state index in [9.17, 15) is 13.2 Å². The summed E-state index contributed by atoms with van der Waals surface area (Å²) in [6.45, 7) is 1.88. The van der Waals surface area contributed by atoms with Crippen LogP contribution in [-0.4, -0.2) is 5.16 Å². The Morgan fingerprint density at radius 1 is 1.32 bits per heavy atom. The first-order chi connectivity index (χ1) is 8.86. The number of alkyl halides is 3. The van der Waals surface area contributed by atoms with Gasteiger partial charge in [0, 0.05) is 16.2 Å². The molecule has 102 valence electrons. The third-order valence-electron chi connectivity index (χ3n) is 2.42. The van der Waals surface area contributed by atoms with Gasteiger partial charge in [-0.05, 0) is 25.1 Å². The molecule has 0 aliphatic rings. The van der Waals surface area contributed by atoms with Crippen molar-refractivity contribution in [1.29, 1.82) is 0 Å². The van der Waals surface area contributed by atoms with Gasteiger partial charge in [-0.2, -0.15) is 13.2 Å². The molecule has 0 bridgehead atoms. The maximum Gasteiger partial charge on any atom is 0.418 e. The standard InChI is InChI=1S/C12H10BrF3N2O/c1-7-4-9(18-19-7)6-17-11-5-8(13)2-3-10(11)12(14,15)16/h2-5,17H,6H2,1H3. The molecule has 1 aromatic heterocycles. The van der Waals surface area contributed by atoms with E-state index in [4.69, 9.17) is 4.52 Å². The predicted molar refractivity (Wildman–Crippen MR) is 67.7 cm³/mol. The monoisotopic (exact) mass is 334 g/mol. The summed E-state index contributed by atoms with van der Waals surface area (Å²) in [6.07, 6.45) is -4.40. The molecule has 0 radical (unpaired) electrons. The molecule has 3 nitrogen and oxygen atoms in total. The minimum atomic E-state index is -4.40. The Hall–Kier alpha value is -1.50. The molecular formula is C12H10BrF3N2O. The van der Waals surface area contributed by atoms with Crippen molar-refractivity contribution < 1.29 is 17.7 Å². The van der Waals surface area contributed by atoms with Crippen LogP contribution in [0, 0.1) is 6.92 Å². The molecule has 1 N–H and O–H groups in total. The predicted octanol–water partition coefficient (Wildman–Crippen LogP) is 4.38. The highest BCUT2D eigenvalue weighted by Gasteiger charge is 2.33. The van der Waals surface area contributed by atoms with Crippen LogP contribution in [0.2, 0.25) is 0 Å². The molecule has 7 heteroatoms. The lowest BCUT2D eigenvalue weighted by Crippen LogP contribution is -2.11. The molecule has 2 aromatic rings. The van der Waals surface area contributed by atoms with Gasteiger partial charge in [0.1, 0.15) is 11.5 Å². The van der Waals surface area contributed by atoms with Crippen molar-refractivity contribution in [2.75, 3.05) is 5.32 Å². The minimum absolute atomic E-state index is 0.00234. The van der Waals surface area contributed by atoms with Crippen molar-refractivity contribution in [2.24, 2.45) is 0 Å². The Balaban J connectivity index is 2.21. The fraction of sp³-hybridized carbons (Fsp3) is 0.250. The second-order valence-corrected chi connectivity index (χ2v) is 4.89. The third kappa shape index (κ3) is 3.50. The zero-order valence-corrected chi connectivity index (χ0v) is 11.5. The van der Waals surface area contributed by atoms with Crippen LogP contribution in [0.5, 0.6) is 0 Å². The maximum atomic E-state index is 12.8. The topological polar surface area (TPSA) is 38.1 Å². The van der Waals surface area contributed by atoms with Gasteiger partial charge in [-0.15, -0.1) is 0 Å². The minimum Gasteiger partial charge on any atom is -0.379 e. The Morgan fingerprint density at radius 2 is 2.05 bits per heavy atom. The van der Waals surface area contributed by atoms with Crippen molar-refractivity contribution in [3.63, 3.8) is 0 Å². The molecule has 1 heterocycles. The summed E-state index contributed by atoms with van der Waals surface area (Å²) in [4.78, 5) is 0. The van der Waals surface area contributed by atoms with Gasteiger partial charge in [-0.3, -0.25) is 0 Å². The molecule has 0 aliphatic heterocycles. The van der Waals surface area contributed by atoms with E-state index < -0.39 is 11.7 Å². The number of nitrogens with one attached hydrogen (secondary N) is 1. The van der Waals surface area contributed by atoms with Crippen molar-refractivity contribution >= 4 is 21.6 Å². The molecule has 0 spiro atoms. The second-order valence-electron chi connectivity index (χ2n) is 3.97. The van der Waals surface area contributed by atoms with Gasteiger partial charge in [-0.1, -0.05) is 21.1 Å². The highest BCUT2D eigenvalue weighted by molar-refractivity contribution is 9.10. The number of aryl methyl sites for hydroxylation is 1. The smallest absolute Gasteiger partial charge is 0.379 e. The molecule has 0 saturated carbocycles. The van der Waals surface area contributed by atoms with Crippen molar-refractivity contribution in [2.45, 2.75) is 19.6 Å². The van der Waals surface area contributed by atoms with Gasteiger partial charge in [0.25, 0.3) is 0 Å². The average molecular weight is 335 g/mol. The van der Waals surface area contributed by atoms with Gasteiger partial charge in [-0.25, -0.2) is 0 Å². The zero-order chi connectivity index (χ0) is 14.0. The Bertz CT molecular complexity index is 581. The first-order valence-electron chi connectivity index (χ1n) is 5.39. The Kier molecular flexibility index (Phi) is 3.84. The fourth-order valence-electron chi connectivity index (χ4n) is 1.60. The normalized spacial score (nSPS) is 11.6. The highest BCUT2D eigenvalue weighted by Crippen LogP contribution is 2.36. The summed E-state index contributed by atoms with van der Waals surface area (Å²) in [6, 6.07) is 5.43. The molecule has 0 fully saturated rings. The van der Waals surface area contributed by atoms with Gasteiger partial charge in [0.2, 0.25) is 0 Å². The summed E-state index contributed by atoms with van der Waals surface area (Å²) >= 11 is 3.15. The van der Waals surface area contributed by atoms with E-state index in [0.29, 0.717) is 15.9 Å². The highest BCUT2D eigenvalue weighted by atomic mass is 79.9. The molecule has 0 saturated heterocycles. The number of anilines is 1. The van der Waals surface area contributed by atoms with Crippen molar-refractivity contribution in [3.05, 3.63) is 45.8 Å². The van der Waals surface area contributed by atoms with Gasteiger partial charge >= 0.3 is 6.18 Å². The van der Waals surface area contributed by atoms with E-state index >= 15 is 0 Å². The number of hydrogen-bond donors (Lipinski definition) is 1. The largest absolute Gasteiger partial charge is 0.418 e. The molecular weight excluding hydrogens is 325 g/mol. The maximum absolute atomic E-state index is 12.8. The third-order valence-corrected chi connectivity index (χ3v) is 2.92. The van der Waals surface area contributed by atoms with Crippen LogP contribution in [-0.2, 0) is 12.7 Å². The number of benzene rings is 1. The van der Waals surface area contributed by atoms with Crippen molar-refractivity contribution in [3.8, 4) is 0 Å². The zero-order valence-electron chi connectivity index (χ0n) is 9.88. The summed E-state index contributed by atoms with van der Waals surface area (Å²) in [7, 11) is 0. The molecule has 0 atom stereocenters. The number of rotatable bonds is 3. The van der Waals surface area contributed by atoms with Crippen LogP contribution in [0.15, 0.2) is 33.3 Å². The van der Waals surface area contributed by atoms with E-state index in [0.717, 1.165) is 6.07 Å². The fourth-order valence-corrected chi connectivity index (χ4v) is 1.96. The number of nitrogens with zero attached hydrogens (tertiary/aromatic N) is 1. The number of aromatic nitrogens is 1. The SMILES string of the molecule is Cc1cc(CNc2cc(Br)ccc2C(F)(F)F)no1. The molecule has 0 unspecified atom stereocenters. The van der Waals surface area contributed by atoms with Gasteiger partial charge in [0.05, 0.1) is 12.1 Å².